The fourth-order valence-electron chi connectivity index (χ4n) is 1.75. The summed E-state index contributed by atoms with van der Waals surface area (Å²) in [6, 6.07) is 5.66. The largest absolute Gasteiger partial charge is 0.351 e. The normalized spacial score (nSPS) is 16.6. The van der Waals surface area contributed by atoms with Crippen molar-refractivity contribution in [1.82, 2.24) is 5.32 Å². The van der Waals surface area contributed by atoms with Crippen LogP contribution in [0.25, 0.3) is 0 Å². The second-order valence-corrected chi connectivity index (χ2v) is 5.85. The Morgan fingerprint density at radius 3 is 2.82 bits per heavy atom. The zero-order valence-electron chi connectivity index (χ0n) is 9.72. The molecule has 0 aliphatic heterocycles. The number of carbonyl (C=O) groups excluding carboxylic acids is 1. The number of alkyl halides is 1. The summed E-state index contributed by atoms with van der Waals surface area (Å²) in [5.74, 6) is 0.616. The Labute approximate surface area is 115 Å². The molecule has 1 N–H and O–H groups in total. The van der Waals surface area contributed by atoms with Crippen LogP contribution in [-0.2, 0) is 0 Å². The van der Waals surface area contributed by atoms with Crippen LogP contribution in [0.2, 0.25) is 0 Å². The van der Waals surface area contributed by atoms with Gasteiger partial charge in [-0.1, -0.05) is 22.0 Å². The van der Waals surface area contributed by atoms with Gasteiger partial charge in [-0.25, -0.2) is 0 Å². The van der Waals surface area contributed by atoms with Crippen LogP contribution in [0.4, 0.5) is 0 Å². The van der Waals surface area contributed by atoms with Gasteiger partial charge in [-0.2, -0.15) is 0 Å². The van der Waals surface area contributed by atoms with E-state index < -0.39 is 0 Å². The Kier molecular flexibility index (Phi) is 3.79. The van der Waals surface area contributed by atoms with Gasteiger partial charge < -0.3 is 5.32 Å². The van der Waals surface area contributed by atoms with Crippen molar-refractivity contribution >= 4 is 33.4 Å². The highest BCUT2D eigenvalue weighted by molar-refractivity contribution is 9.10. The number of rotatable bonds is 4. The van der Waals surface area contributed by atoms with Crippen LogP contribution in [-0.4, -0.2) is 18.3 Å². The molecule has 0 unspecified atom stereocenters. The fourth-order valence-corrected chi connectivity index (χ4v) is 2.48. The van der Waals surface area contributed by atoms with Crippen molar-refractivity contribution in [2.75, 3.05) is 12.4 Å². The standard InChI is InChI=1S/C13H15BrClNO/c1-9-10(3-2-4-11(9)14)12(17)16-8-13(7-15)5-6-13/h2-4H,5-8H2,1H3,(H,16,17). The molecule has 0 saturated heterocycles. The molecule has 1 aromatic rings. The maximum atomic E-state index is 12.0. The van der Waals surface area contributed by atoms with Crippen LogP contribution in [0.5, 0.6) is 0 Å². The lowest BCUT2D eigenvalue weighted by Gasteiger charge is -2.13. The number of amides is 1. The molecule has 17 heavy (non-hydrogen) atoms. The van der Waals surface area contributed by atoms with Crippen molar-refractivity contribution in [1.29, 1.82) is 0 Å². The van der Waals surface area contributed by atoms with Gasteiger partial charge in [0.1, 0.15) is 0 Å². The summed E-state index contributed by atoms with van der Waals surface area (Å²) in [7, 11) is 0. The Bertz CT molecular complexity index is 443. The van der Waals surface area contributed by atoms with Crippen LogP contribution < -0.4 is 5.32 Å². The molecule has 1 aliphatic carbocycles. The second kappa shape index (κ2) is 4.99. The average molecular weight is 317 g/mol. The minimum Gasteiger partial charge on any atom is -0.351 e. The summed E-state index contributed by atoms with van der Waals surface area (Å²) in [4.78, 5) is 12.0. The highest BCUT2D eigenvalue weighted by Gasteiger charge is 2.41. The third kappa shape index (κ3) is 2.83. The minimum atomic E-state index is -0.0137. The first-order valence-electron chi connectivity index (χ1n) is 5.67. The summed E-state index contributed by atoms with van der Waals surface area (Å²) in [5, 5.41) is 2.98. The molecule has 0 aromatic heterocycles. The van der Waals surface area contributed by atoms with E-state index in [2.05, 4.69) is 21.2 Å². The van der Waals surface area contributed by atoms with E-state index >= 15 is 0 Å². The predicted molar refractivity (Wildman–Crippen MR) is 73.6 cm³/mol. The summed E-state index contributed by atoms with van der Waals surface area (Å²) >= 11 is 9.31. The van der Waals surface area contributed by atoms with Crippen molar-refractivity contribution in [3.05, 3.63) is 33.8 Å². The SMILES string of the molecule is Cc1c(Br)cccc1C(=O)NCC1(CCl)CC1. The summed E-state index contributed by atoms with van der Waals surface area (Å²) in [6.45, 7) is 2.62. The van der Waals surface area contributed by atoms with Gasteiger partial charge in [0, 0.05) is 27.9 Å². The predicted octanol–water partition coefficient (Wildman–Crippen LogP) is 3.51. The lowest BCUT2D eigenvalue weighted by Crippen LogP contribution is -2.31. The molecule has 4 heteroatoms. The lowest BCUT2D eigenvalue weighted by molar-refractivity contribution is 0.0945. The van der Waals surface area contributed by atoms with Gasteiger partial charge in [0.15, 0.2) is 0 Å². The van der Waals surface area contributed by atoms with Crippen molar-refractivity contribution in [3.8, 4) is 0 Å². The number of carbonyl (C=O) groups is 1. The average Bonchev–Trinajstić information content (AvgIpc) is 3.10. The van der Waals surface area contributed by atoms with Gasteiger partial charge >= 0.3 is 0 Å². The van der Waals surface area contributed by atoms with Gasteiger partial charge in [-0.05, 0) is 37.5 Å². The highest BCUT2D eigenvalue weighted by Crippen LogP contribution is 2.45. The zero-order valence-corrected chi connectivity index (χ0v) is 12.1. The lowest BCUT2D eigenvalue weighted by atomic mass is 10.1. The van der Waals surface area contributed by atoms with E-state index in [1.54, 1.807) is 0 Å². The zero-order chi connectivity index (χ0) is 12.5. The quantitative estimate of drug-likeness (QED) is 0.846. The third-order valence-electron chi connectivity index (χ3n) is 3.38. The van der Waals surface area contributed by atoms with E-state index in [0.717, 1.165) is 28.4 Å². The molecule has 0 spiro atoms. The molecule has 1 aromatic carbocycles. The first-order chi connectivity index (χ1) is 8.08. The number of benzene rings is 1. The molecule has 1 aliphatic rings. The Hall–Kier alpha value is -0.540. The van der Waals surface area contributed by atoms with E-state index in [9.17, 15) is 4.79 Å². The molecule has 1 fully saturated rings. The van der Waals surface area contributed by atoms with Crippen molar-refractivity contribution in [2.45, 2.75) is 19.8 Å². The molecule has 92 valence electrons. The second-order valence-electron chi connectivity index (χ2n) is 4.73. The minimum absolute atomic E-state index is 0.0137. The maximum absolute atomic E-state index is 12.0. The first kappa shape index (κ1) is 12.9. The fraction of sp³-hybridized carbons (Fsp3) is 0.462. The molecule has 0 heterocycles. The van der Waals surface area contributed by atoms with E-state index in [0.29, 0.717) is 12.4 Å². The Morgan fingerprint density at radius 1 is 1.53 bits per heavy atom. The third-order valence-corrected chi connectivity index (χ3v) is 4.80. The van der Waals surface area contributed by atoms with Gasteiger partial charge in [0.25, 0.3) is 5.91 Å². The molecule has 2 nitrogen and oxygen atoms in total. The summed E-state index contributed by atoms with van der Waals surface area (Å²) in [6.07, 6.45) is 2.24. The number of halogens is 2. The number of nitrogens with one attached hydrogen (secondary N) is 1. The number of hydrogen-bond acceptors (Lipinski definition) is 1. The number of hydrogen-bond donors (Lipinski definition) is 1. The van der Waals surface area contributed by atoms with E-state index in [1.165, 1.54) is 0 Å². The molecule has 2 rings (SSSR count). The van der Waals surface area contributed by atoms with Crippen molar-refractivity contribution in [3.63, 3.8) is 0 Å². The van der Waals surface area contributed by atoms with E-state index in [4.69, 9.17) is 11.6 Å². The Morgan fingerprint density at radius 2 is 2.24 bits per heavy atom. The molecule has 1 saturated carbocycles. The van der Waals surface area contributed by atoms with Crippen LogP contribution in [0.1, 0.15) is 28.8 Å². The topological polar surface area (TPSA) is 29.1 Å². The van der Waals surface area contributed by atoms with Crippen LogP contribution in [0.15, 0.2) is 22.7 Å². The first-order valence-corrected chi connectivity index (χ1v) is 7.00. The Balaban J connectivity index is 2.02. The van der Waals surface area contributed by atoms with E-state index in [1.807, 2.05) is 25.1 Å². The van der Waals surface area contributed by atoms with Crippen LogP contribution in [0.3, 0.4) is 0 Å². The van der Waals surface area contributed by atoms with Crippen molar-refractivity contribution in [2.24, 2.45) is 5.41 Å². The maximum Gasteiger partial charge on any atom is 0.251 e. The summed E-state index contributed by atoms with van der Waals surface area (Å²) in [5.41, 5.74) is 1.86. The molecule has 1 amide bonds. The highest BCUT2D eigenvalue weighted by atomic mass is 79.9. The molecule has 0 atom stereocenters. The van der Waals surface area contributed by atoms with Gasteiger partial charge in [0.2, 0.25) is 0 Å². The van der Waals surface area contributed by atoms with Crippen LogP contribution in [0, 0.1) is 12.3 Å². The van der Waals surface area contributed by atoms with Crippen molar-refractivity contribution < 1.29 is 4.79 Å². The monoisotopic (exact) mass is 315 g/mol. The molecule has 0 radical (unpaired) electrons. The van der Waals surface area contributed by atoms with Gasteiger partial charge in [-0.15, -0.1) is 11.6 Å². The van der Waals surface area contributed by atoms with E-state index in [-0.39, 0.29) is 11.3 Å². The van der Waals surface area contributed by atoms with Gasteiger partial charge in [0.05, 0.1) is 0 Å². The van der Waals surface area contributed by atoms with Crippen LogP contribution >= 0.6 is 27.5 Å². The van der Waals surface area contributed by atoms with Gasteiger partial charge in [-0.3, -0.25) is 4.79 Å². The molecular formula is C13H15BrClNO. The molecular weight excluding hydrogens is 302 g/mol. The molecule has 0 bridgehead atoms. The smallest absolute Gasteiger partial charge is 0.251 e. The summed E-state index contributed by atoms with van der Waals surface area (Å²) < 4.78 is 0.962.